The van der Waals surface area contributed by atoms with Crippen LogP contribution in [0.15, 0.2) is 0 Å². The number of likely N-dealkylation sites (N-methyl/N-ethyl adjacent to an activating group) is 1. The molecule has 0 rings (SSSR count). The quantitative estimate of drug-likeness (QED) is 0.569. The van der Waals surface area contributed by atoms with Gasteiger partial charge in [-0.2, -0.15) is 0 Å². The van der Waals surface area contributed by atoms with Crippen LogP contribution < -0.4 is 11.1 Å². The van der Waals surface area contributed by atoms with Gasteiger partial charge in [0.25, 0.3) is 0 Å². The summed E-state index contributed by atoms with van der Waals surface area (Å²) in [5.41, 5.74) is 5.49. The van der Waals surface area contributed by atoms with Crippen LogP contribution in [0.2, 0.25) is 0 Å². The van der Waals surface area contributed by atoms with Gasteiger partial charge in [0.15, 0.2) is 0 Å². The molecule has 0 saturated heterocycles. The fraction of sp³-hybridized carbons (Fsp3) is 0.923. The molecule has 3 N–H and O–H groups in total. The maximum absolute atomic E-state index is 11.9. The fourth-order valence-corrected chi connectivity index (χ4v) is 1.82. The molecule has 0 aromatic rings. The lowest BCUT2D eigenvalue weighted by atomic mass is 10.2. The van der Waals surface area contributed by atoms with Gasteiger partial charge in [-0.05, 0) is 32.9 Å². The average molecular weight is 243 g/mol. The molecule has 0 aliphatic heterocycles. The lowest BCUT2D eigenvalue weighted by molar-refractivity contribution is -0.125. The van der Waals surface area contributed by atoms with Gasteiger partial charge in [-0.15, -0.1) is 0 Å². The van der Waals surface area contributed by atoms with E-state index in [1.54, 1.807) is 0 Å². The van der Waals surface area contributed by atoms with Gasteiger partial charge in [-0.3, -0.25) is 9.69 Å². The minimum absolute atomic E-state index is 0.0480. The normalized spacial score (nSPS) is 12.8. The number of rotatable bonds is 10. The molecule has 0 fully saturated rings. The van der Waals surface area contributed by atoms with Crippen LogP contribution in [0.3, 0.4) is 0 Å². The first kappa shape index (κ1) is 16.4. The Balaban J connectivity index is 3.90. The second-order valence-corrected chi connectivity index (χ2v) is 4.44. The summed E-state index contributed by atoms with van der Waals surface area (Å²) in [6, 6.07) is -0.0480. The average Bonchev–Trinajstić information content (AvgIpc) is 2.35. The smallest absolute Gasteiger partial charge is 0.237 e. The van der Waals surface area contributed by atoms with Crippen molar-refractivity contribution >= 4 is 5.91 Å². The molecule has 1 amide bonds. The van der Waals surface area contributed by atoms with Crippen LogP contribution in [0.1, 0.15) is 46.5 Å². The number of amides is 1. The first-order valence-electron chi connectivity index (χ1n) is 6.89. The predicted molar refractivity (Wildman–Crippen MR) is 72.9 cm³/mol. The Morgan fingerprint density at radius 2 is 2.00 bits per heavy atom. The second-order valence-electron chi connectivity index (χ2n) is 4.44. The van der Waals surface area contributed by atoms with Crippen molar-refractivity contribution in [3.05, 3.63) is 0 Å². The third-order valence-electron chi connectivity index (χ3n) is 3.06. The summed E-state index contributed by atoms with van der Waals surface area (Å²) in [7, 11) is 0. The molecule has 0 aromatic heterocycles. The van der Waals surface area contributed by atoms with Crippen molar-refractivity contribution in [1.29, 1.82) is 0 Å². The van der Waals surface area contributed by atoms with E-state index in [2.05, 4.69) is 24.1 Å². The van der Waals surface area contributed by atoms with Crippen LogP contribution in [0.25, 0.3) is 0 Å². The van der Waals surface area contributed by atoms with Crippen molar-refractivity contribution in [2.75, 3.05) is 26.2 Å². The highest BCUT2D eigenvalue weighted by Crippen LogP contribution is 2.00. The highest BCUT2D eigenvalue weighted by molar-refractivity contribution is 5.81. The molecule has 17 heavy (non-hydrogen) atoms. The maximum Gasteiger partial charge on any atom is 0.237 e. The third kappa shape index (κ3) is 7.34. The summed E-state index contributed by atoms with van der Waals surface area (Å²) in [6.07, 6.45) is 4.38. The summed E-state index contributed by atoms with van der Waals surface area (Å²) in [5.74, 6) is 0.139. The summed E-state index contributed by atoms with van der Waals surface area (Å²) in [6.45, 7) is 9.48. The van der Waals surface area contributed by atoms with E-state index in [9.17, 15) is 4.79 Å². The van der Waals surface area contributed by atoms with Crippen LogP contribution in [0.5, 0.6) is 0 Å². The molecule has 102 valence electrons. The number of carbonyl (C=O) groups is 1. The Morgan fingerprint density at radius 3 is 2.53 bits per heavy atom. The Bertz CT molecular complexity index is 197. The van der Waals surface area contributed by atoms with Gasteiger partial charge >= 0.3 is 0 Å². The topological polar surface area (TPSA) is 58.4 Å². The first-order valence-corrected chi connectivity index (χ1v) is 6.89. The van der Waals surface area contributed by atoms with Crippen molar-refractivity contribution in [1.82, 2.24) is 10.2 Å². The number of hydrogen-bond donors (Lipinski definition) is 2. The zero-order valence-corrected chi connectivity index (χ0v) is 11.7. The number of carbonyl (C=O) groups excluding carboxylic acids is 1. The van der Waals surface area contributed by atoms with Gasteiger partial charge in [0.2, 0.25) is 5.91 Å². The molecule has 0 radical (unpaired) electrons. The van der Waals surface area contributed by atoms with E-state index in [1.807, 2.05) is 6.92 Å². The summed E-state index contributed by atoms with van der Waals surface area (Å²) >= 11 is 0. The van der Waals surface area contributed by atoms with Gasteiger partial charge in [-0.1, -0.05) is 26.7 Å². The van der Waals surface area contributed by atoms with Crippen molar-refractivity contribution in [3.63, 3.8) is 0 Å². The van der Waals surface area contributed by atoms with E-state index < -0.39 is 0 Å². The molecule has 0 aliphatic rings. The number of nitrogens with two attached hydrogens (primary N) is 1. The van der Waals surface area contributed by atoms with E-state index in [1.165, 1.54) is 12.8 Å². The minimum atomic E-state index is -0.0480. The van der Waals surface area contributed by atoms with Crippen LogP contribution in [-0.4, -0.2) is 43.0 Å². The van der Waals surface area contributed by atoms with Crippen LogP contribution in [-0.2, 0) is 4.79 Å². The zero-order chi connectivity index (χ0) is 13.1. The predicted octanol–water partition coefficient (Wildman–Crippen LogP) is 1.35. The SMILES string of the molecule is CCCCCNC(=O)C(C)N(CC)CCCN. The van der Waals surface area contributed by atoms with Crippen molar-refractivity contribution in [2.45, 2.75) is 52.5 Å². The van der Waals surface area contributed by atoms with E-state index in [4.69, 9.17) is 5.73 Å². The van der Waals surface area contributed by atoms with Crippen molar-refractivity contribution in [2.24, 2.45) is 5.73 Å². The molecule has 4 heteroatoms. The molecule has 4 nitrogen and oxygen atoms in total. The number of nitrogens with zero attached hydrogens (tertiary/aromatic N) is 1. The second kappa shape index (κ2) is 10.5. The zero-order valence-electron chi connectivity index (χ0n) is 11.7. The third-order valence-corrected chi connectivity index (χ3v) is 3.06. The molecule has 0 aliphatic carbocycles. The Kier molecular flexibility index (Phi) is 10.2. The minimum Gasteiger partial charge on any atom is -0.355 e. The first-order chi connectivity index (χ1) is 8.17. The molecule has 0 heterocycles. The fourth-order valence-electron chi connectivity index (χ4n) is 1.82. The Labute approximate surface area is 106 Å². The van der Waals surface area contributed by atoms with E-state index in [0.29, 0.717) is 6.54 Å². The van der Waals surface area contributed by atoms with Crippen molar-refractivity contribution < 1.29 is 4.79 Å². The molecule has 0 bridgehead atoms. The standard InChI is InChI=1S/C13H29N3O/c1-4-6-7-10-15-13(17)12(3)16(5-2)11-8-9-14/h12H,4-11,14H2,1-3H3,(H,15,17). The lowest BCUT2D eigenvalue weighted by Gasteiger charge is -2.26. The summed E-state index contributed by atoms with van der Waals surface area (Å²) in [4.78, 5) is 14.1. The monoisotopic (exact) mass is 243 g/mol. The maximum atomic E-state index is 11.9. The largest absolute Gasteiger partial charge is 0.355 e. The van der Waals surface area contributed by atoms with Crippen molar-refractivity contribution in [3.8, 4) is 0 Å². The molecular weight excluding hydrogens is 214 g/mol. The van der Waals surface area contributed by atoms with Crippen LogP contribution in [0.4, 0.5) is 0 Å². The molecule has 1 unspecified atom stereocenters. The molecule has 0 aromatic carbocycles. The molecule has 1 atom stereocenters. The van der Waals surface area contributed by atoms with Gasteiger partial charge in [-0.25, -0.2) is 0 Å². The molecule has 0 spiro atoms. The van der Waals surface area contributed by atoms with E-state index in [-0.39, 0.29) is 11.9 Å². The van der Waals surface area contributed by atoms with Gasteiger partial charge in [0.1, 0.15) is 0 Å². The highest BCUT2D eigenvalue weighted by atomic mass is 16.2. The van der Waals surface area contributed by atoms with Gasteiger partial charge in [0, 0.05) is 13.1 Å². The lowest BCUT2D eigenvalue weighted by Crippen LogP contribution is -2.46. The molecular formula is C13H29N3O. The van der Waals surface area contributed by atoms with Crippen LogP contribution in [0, 0.1) is 0 Å². The highest BCUT2D eigenvalue weighted by Gasteiger charge is 2.18. The van der Waals surface area contributed by atoms with Gasteiger partial charge in [0.05, 0.1) is 6.04 Å². The summed E-state index contributed by atoms with van der Waals surface area (Å²) in [5, 5.41) is 3.00. The Morgan fingerprint density at radius 1 is 1.29 bits per heavy atom. The number of nitrogens with one attached hydrogen (secondary N) is 1. The van der Waals surface area contributed by atoms with Crippen LogP contribution >= 0.6 is 0 Å². The van der Waals surface area contributed by atoms with E-state index in [0.717, 1.165) is 32.5 Å². The molecule has 0 saturated carbocycles. The Hall–Kier alpha value is -0.610. The number of hydrogen-bond acceptors (Lipinski definition) is 3. The van der Waals surface area contributed by atoms with Gasteiger partial charge < -0.3 is 11.1 Å². The van der Waals surface area contributed by atoms with E-state index >= 15 is 0 Å². The summed E-state index contributed by atoms with van der Waals surface area (Å²) < 4.78 is 0. The number of unbranched alkanes of at least 4 members (excludes halogenated alkanes) is 2.